The van der Waals surface area contributed by atoms with Gasteiger partial charge >= 0.3 is 0 Å². The van der Waals surface area contributed by atoms with Crippen LogP contribution in [0.4, 0.5) is 0 Å². The van der Waals surface area contributed by atoms with E-state index in [1.807, 2.05) is 6.08 Å². The highest BCUT2D eigenvalue weighted by atomic mass is 16.3. The van der Waals surface area contributed by atoms with Gasteiger partial charge in [-0.05, 0) is 36.6 Å². The molecule has 1 nitrogen and oxygen atoms in total. The summed E-state index contributed by atoms with van der Waals surface area (Å²) in [5.74, 6) is 0.305. The van der Waals surface area contributed by atoms with Crippen molar-refractivity contribution in [2.24, 2.45) is 0 Å². The van der Waals surface area contributed by atoms with Gasteiger partial charge in [0.25, 0.3) is 0 Å². The zero-order valence-corrected chi connectivity index (χ0v) is 9.37. The van der Waals surface area contributed by atoms with Gasteiger partial charge in [-0.2, -0.15) is 0 Å². The van der Waals surface area contributed by atoms with Crippen molar-refractivity contribution in [2.45, 2.75) is 39.0 Å². The van der Waals surface area contributed by atoms with Gasteiger partial charge in [-0.15, -0.1) is 0 Å². The summed E-state index contributed by atoms with van der Waals surface area (Å²) >= 11 is 0. The monoisotopic (exact) mass is 203 g/mol. The van der Waals surface area contributed by atoms with Crippen molar-refractivity contribution in [1.29, 1.82) is 0 Å². The Morgan fingerprint density at radius 2 is 2.20 bits per heavy atom. The van der Waals surface area contributed by atoms with Crippen molar-refractivity contribution in [1.82, 2.24) is 0 Å². The summed E-state index contributed by atoms with van der Waals surface area (Å²) in [6.45, 7) is 2.22. The van der Waals surface area contributed by atoms with Gasteiger partial charge in [0.05, 0.1) is 0 Å². The van der Waals surface area contributed by atoms with Crippen molar-refractivity contribution in [3.05, 3.63) is 35.9 Å². The van der Waals surface area contributed by atoms with Crippen LogP contribution in [0.1, 0.15) is 44.6 Å². The molecule has 0 spiro atoms. The lowest BCUT2D eigenvalue weighted by Gasteiger charge is -1.95. The van der Waals surface area contributed by atoms with E-state index in [-0.39, 0.29) is 0 Å². The molecule has 0 unspecified atom stereocenters. The Hall–Kier alpha value is -1.24. The molecule has 1 rings (SSSR count). The predicted octanol–water partition coefficient (Wildman–Crippen LogP) is 4.18. The fraction of sp³-hybridized carbons (Fsp3) is 0.429. The molecule has 0 aliphatic carbocycles. The Kier molecular flexibility index (Phi) is 5.60. The maximum atomic E-state index is 9.23. The molecule has 0 saturated carbocycles. The predicted molar refractivity (Wildman–Crippen MR) is 64.7 cm³/mol. The van der Waals surface area contributed by atoms with Gasteiger partial charge in [-0.1, -0.05) is 44.4 Å². The molecule has 0 aliphatic rings. The van der Waals surface area contributed by atoms with Crippen LogP contribution in [-0.4, -0.2) is 5.11 Å². The Balaban J connectivity index is 2.26. The molecule has 1 heteroatoms. The van der Waals surface area contributed by atoms with E-state index in [1.54, 1.807) is 18.2 Å². The van der Waals surface area contributed by atoms with E-state index in [0.29, 0.717) is 5.75 Å². The van der Waals surface area contributed by atoms with Gasteiger partial charge in [-0.3, -0.25) is 0 Å². The smallest absolute Gasteiger partial charge is 0.116 e. The van der Waals surface area contributed by atoms with Crippen molar-refractivity contribution < 1.29 is 5.11 Å². The van der Waals surface area contributed by atoms with Crippen molar-refractivity contribution in [2.75, 3.05) is 0 Å². The maximum absolute atomic E-state index is 9.23. The number of hydrogen-bond donors (Lipinski definition) is 1. The lowest BCUT2D eigenvalue weighted by molar-refractivity contribution is 0.475. The van der Waals surface area contributed by atoms with Crippen LogP contribution in [0.5, 0.6) is 5.75 Å². The summed E-state index contributed by atoms with van der Waals surface area (Å²) in [5.41, 5.74) is 0.950. The van der Waals surface area contributed by atoms with E-state index in [1.165, 1.54) is 25.7 Å². The summed E-state index contributed by atoms with van der Waals surface area (Å²) < 4.78 is 0. The van der Waals surface area contributed by atoms with E-state index < -0.39 is 0 Å². The molecular formula is C14H19O. The first-order valence-corrected chi connectivity index (χ1v) is 5.70. The summed E-state index contributed by atoms with van der Waals surface area (Å²) in [4.78, 5) is 0. The van der Waals surface area contributed by atoms with Crippen LogP contribution in [-0.2, 0) is 0 Å². The largest absolute Gasteiger partial charge is 0.508 e. The highest BCUT2D eigenvalue weighted by Crippen LogP contribution is 2.12. The van der Waals surface area contributed by atoms with Crippen molar-refractivity contribution >= 4 is 6.08 Å². The van der Waals surface area contributed by atoms with Crippen LogP contribution in [0.15, 0.2) is 24.3 Å². The molecule has 0 saturated heterocycles. The van der Waals surface area contributed by atoms with Crippen LogP contribution in [0, 0.1) is 6.07 Å². The van der Waals surface area contributed by atoms with Crippen LogP contribution in [0.3, 0.4) is 0 Å². The molecule has 15 heavy (non-hydrogen) atoms. The van der Waals surface area contributed by atoms with Crippen molar-refractivity contribution in [3.63, 3.8) is 0 Å². The van der Waals surface area contributed by atoms with Crippen LogP contribution in [0.2, 0.25) is 0 Å². The van der Waals surface area contributed by atoms with Gasteiger partial charge in [0.2, 0.25) is 0 Å². The average Bonchev–Trinajstić information content (AvgIpc) is 2.23. The molecule has 1 aromatic rings. The first kappa shape index (κ1) is 11.8. The molecule has 81 valence electrons. The standard InChI is InChI=1S/C14H19O/c1-2-3-4-5-6-7-9-13-10-8-11-14(15)12-13/h7-9,11-12,15H,2-6H2,1H3/b9-7+. The number of unbranched alkanes of at least 4 members (excludes halogenated alkanes) is 4. The normalized spacial score (nSPS) is 11.0. The third-order valence-electron chi connectivity index (χ3n) is 2.33. The van der Waals surface area contributed by atoms with E-state index in [9.17, 15) is 5.11 Å². The molecule has 1 radical (unpaired) electrons. The second-order valence-corrected chi connectivity index (χ2v) is 3.75. The number of benzene rings is 1. The average molecular weight is 203 g/mol. The summed E-state index contributed by atoms with van der Waals surface area (Å²) in [6.07, 6.45) is 10.5. The molecule has 0 amide bonds. The minimum atomic E-state index is 0.305. The molecule has 0 aromatic heterocycles. The Morgan fingerprint density at radius 1 is 1.33 bits per heavy atom. The number of aromatic hydroxyl groups is 1. The summed E-state index contributed by atoms with van der Waals surface area (Å²) in [5, 5.41) is 9.23. The minimum absolute atomic E-state index is 0.305. The van der Waals surface area contributed by atoms with Gasteiger partial charge < -0.3 is 5.11 Å². The van der Waals surface area contributed by atoms with Crippen molar-refractivity contribution in [3.8, 4) is 5.75 Å². The lowest BCUT2D eigenvalue weighted by atomic mass is 10.1. The zero-order valence-electron chi connectivity index (χ0n) is 9.37. The van der Waals surface area contributed by atoms with Crippen LogP contribution < -0.4 is 0 Å². The number of hydrogen-bond acceptors (Lipinski definition) is 1. The molecule has 0 atom stereocenters. The Morgan fingerprint density at radius 3 is 2.93 bits per heavy atom. The summed E-state index contributed by atoms with van der Waals surface area (Å²) in [6, 6.07) is 8.17. The number of allylic oxidation sites excluding steroid dienone is 1. The molecule has 0 heterocycles. The molecular weight excluding hydrogens is 184 g/mol. The van der Waals surface area contributed by atoms with Gasteiger partial charge in [0, 0.05) is 0 Å². The first-order chi connectivity index (χ1) is 7.33. The third-order valence-corrected chi connectivity index (χ3v) is 2.33. The topological polar surface area (TPSA) is 20.2 Å². The van der Waals surface area contributed by atoms with Gasteiger partial charge in [0.15, 0.2) is 0 Å². The molecule has 0 aliphatic heterocycles. The minimum Gasteiger partial charge on any atom is -0.508 e. The summed E-state index contributed by atoms with van der Waals surface area (Å²) in [7, 11) is 0. The second-order valence-electron chi connectivity index (χ2n) is 3.75. The zero-order chi connectivity index (χ0) is 10.9. The lowest BCUT2D eigenvalue weighted by Crippen LogP contribution is -1.75. The Bertz CT molecular complexity index is 302. The highest BCUT2D eigenvalue weighted by molar-refractivity contribution is 5.50. The SMILES string of the molecule is CCCCCC/C=C/c1[c]ccc(O)c1. The third kappa shape index (κ3) is 5.26. The highest BCUT2D eigenvalue weighted by Gasteiger charge is 1.89. The fourth-order valence-electron chi connectivity index (χ4n) is 1.47. The van der Waals surface area contributed by atoms with E-state index in [2.05, 4.69) is 19.1 Å². The molecule has 1 aromatic carbocycles. The molecule has 0 fully saturated rings. The van der Waals surface area contributed by atoms with E-state index >= 15 is 0 Å². The second kappa shape index (κ2) is 7.10. The number of rotatable bonds is 6. The van der Waals surface area contributed by atoms with Crippen LogP contribution in [0.25, 0.3) is 6.08 Å². The number of phenolic OH excluding ortho intramolecular Hbond substituents is 1. The number of phenols is 1. The van der Waals surface area contributed by atoms with E-state index in [0.717, 1.165) is 12.0 Å². The van der Waals surface area contributed by atoms with E-state index in [4.69, 9.17) is 0 Å². The quantitative estimate of drug-likeness (QED) is 0.688. The maximum Gasteiger partial charge on any atom is 0.116 e. The van der Waals surface area contributed by atoms with Gasteiger partial charge in [-0.25, -0.2) is 0 Å². The molecule has 0 bridgehead atoms. The molecule has 1 N–H and O–H groups in total. The van der Waals surface area contributed by atoms with Crippen LogP contribution >= 0.6 is 0 Å². The Labute approximate surface area is 92.5 Å². The fourth-order valence-corrected chi connectivity index (χ4v) is 1.47. The van der Waals surface area contributed by atoms with Gasteiger partial charge in [0.1, 0.15) is 5.75 Å². The first-order valence-electron chi connectivity index (χ1n) is 5.70.